The summed E-state index contributed by atoms with van der Waals surface area (Å²) in [4.78, 5) is 0. The molecule has 1 N–H and O–H groups in total. The number of aliphatic hydroxyl groups excluding tert-OH is 1. The first kappa shape index (κ1) is 10.5. The summed E-state index contributed by atoms with van der Waals surface area (Å²) >= 11 is 0. The lowest BCUT2D eigenvalue weighted by molar-refractivity contribution is -0.0978. The van der Waals surface area contributed by atoms with Crippen molar-refractivity contribution >= 4 is 0 Å². The van der Waals surface area contributed by atoms with E-state index in [0.29, 0.717) is 23.5 Å². The quantitative estimate of drug-likeness (QED) is 0.819. The van der Waals surface area contributed by atoms with Gasteiger partial charge in [0.2, 0.25) is 0 Å². The predicted octanol–water partition coefficient (Wildman–Crippen LogP) is 1.83. The third kappa shape index (κ3) is 1.45. The maximum Gasteiger partial charge on any atom is 0.283 e. The zero-order valence-corrected chi connectivity index (χ0v) is 8.80. The molecule has 0 amide bonds. The molecule has 3 nitrogen and oxygen atoms in total. The van der Waals surface area contributed by atoms with Crippen molar-refractivity contribution in [1.29, 1.82) is 0 Å². The van der Waals surface area contributed by atoms with Crippen molar-refractivity contribution < 1.29 is 13.9 Å². The Balaban J connectivity index is 2.45. The van der Waals surface area contributed by atoms with E-state index in [9.17, 15) is 13.9 Å². The molecule has 84 valence electrons. The molecule has 0 aliphatic heterocycles. The molecule has 0 fully saturated rings. The van der Waals surface area contributed by atoms with Crippen LogP contribution in [0, 0.1) is 6.92 Å². The van der Waals surface area contributed by atoms with E-state index in [0.717, 1.165) is 6.42 Å². The summed E-state index contributed by atoms with van der Waals surface area (Å²) in [6, 6.07) is 0. The molecule has 2 rings (SSSR count). The zero-order chi connectivity index (χ0) is 11.2. The summed E-state index contributed by atoms with van der Waals surface area (Å²) in [5, 5.41) is 13.6. The fourth-order valence-corrected chi connectivity index (χ4v) is 2.11. The Hall–Kier alpha value is -0.970. The molecule has 1 aliphatic carbocycles. The molecule has 15 heavy (non-hydrogen) atoms. The van der Waals surface area contributed by atoms with E-state index in [1.807, 2.05) is 6.92 Å². The van der Waals surface area contributed by atoms with Crippen LogP contribution < -0.4 is 0 Å². The molecule has 1 heterocycles. The van der Waals surface area contributed by atoms with E-state index in [4.69, 9.17) is 0 Å². The van der Waals surface area contributed by atoms with E-state index in [1.165, 1.54) is 0 Å². The predicted molar refractivity (Wildman–Crippen MR) is 50.9 cm³/mol. The average Bonchev–Trinajstić information content (AvgIpc) is 2.53. The summed E-state index contributed by atoms with van der Waals surface area (Å²) in [6.07, 6.45) is -1.24. The molecule has 1 aromatic heterocycles. The second-order valence-corrected chi connectivity index (χ2v) is 4.01. The summed E-state index contributed by atoms with van der Waals surface area (Å²) < 4.78 is 28.1. The molecule has 0 spiro atoms. The summed E-state index contributed by atoms with van der Waals surface area (Å²) in [5.74, 6) is -3.03. The molecule has 1 aromatic rings. The van der Waals surface area contributed by atoms with Crippen LogP contribution >= 0.6 is 0 Å². The van der Waals surface area contributed by atoms with E-state index in [1.54, 1.807) is 11.6 Å². The number of rotatable bonds is 2. The monoisotopic (exact) mass is 216 g/mol. The lowest BCUT2D eigenvalue weighted by Gasteiger charge is -2.14. The maximum atomic E-state index is 13.3. The van der Waals surface area contributed by atoms with E-state index >= 15 is 0 Å². The third-order valence-electron chi connectivity index (χ3n) is 2.80. The van der Waals surface area contributed by atoms with E-state index < -0.39 is 18.4 Å². The van der Waals surface area contributed by atoms with Crippen molar-refractivity contribution in [1.82, 2.24) is 9.78 Å². The van der Waals surface area contributed by atoms with Crippen LogP contribution in [0.15, 0.2) is 0 Å². The lowest BCUT2D eigenvalue weighted by Crippen LogP contribution is -2.23. The Morgan fingerprint density at radius 2 is 2.27 bits per heavy atom. The van der Waals surface area contributed by atoms with Crippen LogP contribution in [0.5, 0.6) is 0 Å². The van der Waals surface area contributed by atoms with Crippen molar-refractivity contribution in [2.45, 2.75) is 45.3 Å². The largest absolute Gasteiger partial charge is 0.382 e. The minimum Gasteiger partial charge on any atom is -0.382 e. The normalized spacial score (nSPS) is 23.1. The van der Waals surface area contributed by atoms with Gasteiger partial charge in [0.15, 0.2) is 0 Å². The van der Waals surface area contributed by atoms with Gasteiger partial charge in [-0.1, -0.05) is 6.92 Å². The number of fused-ring (bicyclic) bond motifs is 1. The van der Waals surface area contributed by atoms with Crippen LogP contribution in [0.1, 0.15) is 36.4 Å². The van der Waals surface area contributed by atoms with E-state index in [-0.39, 0.29) is 0 Å². The highest BCUT2D eigenvalue weighted by atomic mass is 19.3. The van der Waals surface area contributed by atoms with Crippen LogP contribution in [0.25, 0.3) is 0 Å². The zero-order valence-electron chi connectivity index (χ0n) is 8.80. The van der Waals surface area contributed by atoms with Crippen molar-refractivity contribution in [2.24, 2.45) is 0 Å². The Kier molecular flexibility index (Phi) is 2.30. The van der Waals surface area contributed by atoms with Gasteiger partial charge in [-0.2, -0.15) is 5.10 Å². The van der Waals surface area contributed by atoms with Gasteiger partial charge in [-0.15, -0.1) is 0 Å². The summed E-state index contributed by atoms with van der Waals surface area (Å²) in [6.45, 7) is 4.25. The topological polar surface area (TPSA) is 38.0 Å². The number of hydrogen-bond acceptors (Lipinski definition) is 2. The smallest absolute Gasteiger partial charge is 0.283 e. The van der Waals surface area contributed by atoms with Crippen molar-refractivity contribution in [2.75, 3.05) is 0 Å². The van der Waals surface area contributed by atoms with Gasteiger partial charge in [0.25, 0.3) is 5.92 Å². The van der Waals surface area contributed by atoms with Crippen LogP contribution in [0.4, 0.5) is 8.78 Å². The summed E-state index contributed by atoms with van der Waals surface area (Å²) in [5.41, 5.74) is 1.34. The molecule has 0 bridgehead atoms. The molecule has 0 saturated heterocycles. The Morgan fingerprint density at radius 3 is 2.87 bits per heavy atom. The Labute approximate surface area is 86.7 Å². The highest BCUT2D eigenvalue weighted by Crippen LogP contribution is 2.44. The van der Waals surface area contributed by atoms with Crippen molar-refractivity contribution in [3.05, 3.63) is 17.0 Å². The molecular formula is C10H14F2N2O. The number of aryl methyl sites for hydroxylation is 2. The highest BCUT2D eigenvalue weighted by Gasteiger charge is 2.49. The van der Waals surface area contributed by atoms with Gasteiger partial charge in [-0.3, -0.25) is 4.68 Å². The van der Waals surface area contributed by atoms with E-state index in [2.05, 4.69) is 5.10 Å². The fourth-order valence-electron chi connectivity index (χ4n) is 2.11. The molecule has 1 aliphatic rings. The van der Waals surface area contributed by atoms with Gasteiger partial charge in [-0.25, -0.2) is 8.78 Å². The molecule has 0 unspecified atom stereocenters. The first-order valence-electron chi connectivity index (χ1n) is 5.09. The van der Waals surface area contributed by atoms with Gasteiger partial charge in [-0.05, 0) is 13.3 Å². The highest BCUT2D eigenvalue weighted by molar-refractivity contribution is 5.35. The van der Waals surface area contributed by atoms with Gasteiger partial charge >= 0.3 is 0 Å². The molecular weight excluding hydrogens is 202 g/mol. The van der Waals surface area contributed by atoms with Gasteiger partial charge < -0.3 is 5.11 Å². The second kappa shape index (κ2) is 3.27. The SMILES string of the molecule is CCCn1nc(C)c2c1CC(F)(F)[C@H]2O. The van der Waals surface area contributed by atoms with Gasteiger partial charge in [0.05, 0.1) is 17.8 Å². The van der Waals surface area contributed by atoms with Crippen LogP contribution in [-0.4, -0.2) is 20.8 Å². The minimum atomic E-state index is -3.03. The standard InChI is InChI=1S/C10H14F2N2O/c1-3-4-14-7-5-10(11,12)9(15)8(7)6(2)13-14/h9,15H,3-5H2,1-2H3/t9-/m0/s1. The van der Waals surface area contributed by atoms with Crippen molar-refractivity contribution in [3.8, 4) is 0 Å². The number of alkyl halides is 2. The van der Waals surface area contributed by atoms with Crippen molar-refractivity contribution in [3.63, 3.8) is 0 Å². The minimum absolute atomic E-state index is 0.327. The summed E-state index contributed by atoms with van der Waals surface area (Å²) in [7, 11) is 0. The fraction of sp³-hybridized carbons (Fsp3) is 0.700. The number of halogens is 2. The average molecular weight is 216 g/mol. The van der Waals surface area contributed by atoms with Gasteiger partial charge in [0, 0.05) is 12.1 Å². The molecule has 0 aromatic carbocycles. The number of aliphatic hydroxyl groups is 1. The molecule has 0 saturated carbocycles. The lowest BCUT2D eigenvalue weighted by atomic mass is 10.1. The van der Waals surface area contributed by atoms with Crippen LogP contribution in [0.3, 0.4) is 0 Å². The Bertz CT molecular complexity index is 387. The number of aromatic nitrogens is 2. The van der Waals surface area contributed by atoms with Crippen LogP contribution in [0.2, 0.25) is 0 Å². The first-order valence-corrected chi connectivity index (χ1v) is 5.09. The number of nitrogens with zero attached hydrogens (tertiary/aromatic N) is 2. The second-order valence-electron chi connectivity index (χ2n) is 4.01. The number of hydrogen-bond donors (Lipinski definition) is 1. The van der Waals surface area contributed by atoms with Crippen LogP contribution in [-0.2, 0) is 13.0 Å². The third-order valence-corrected chi connectivity index (χ3v) is 2.80. The molecule has 5 heteroatoms. The molecule has 0 radical (unpaired) electrons. The maximum absolute atomic E-state index is 13.3. The Morgan fingerprint density at radius 1 is 1.60 bits per heavy atom. The van der Waals surface area contributed by atoms with Gasteiger partial charge in [0.1, 0.15) is 6.10 Å². The molecule has 1 atom stereocenters. The first-order chi connectivity index (χ1) is 6.97.